The quantitative estimate of drug-likeness (QED) is 0.799. The van der Waals surface area contributed by atoms with Crippen molar-refractivity contribution in [3.8, 4) is 0 Å². The first-order valence-corrected chi connectivity index (χ1v) is 5.21. The topological polar surface area (TPSA) is 108 Å². The fourth-order valence-electron chi connectivity index (χ4n) is 1.11. The lowest BCUT2D eigenvalue weighted by Crippen LogP contribution is -2.11. The van der Waals surface area contributed by atoms with E-state index in [2.05, 4.69) is 31.4 Å². The molecule has 0 atom stereocenters. The van der Waals surface area contributed by atoms with Gasteiger partial charge in [0.2, 0.25) is 0 Å². The van der Waals surface area contributed by atoms with Gasteiger partial charge in [-0.2, -0.15) is 5.10 Å². The van der Waals surface area contributed by atoms with Crippen LogP contribution in [0.1, 0.15) is 21.0 Å². The number of amides is 1. The molecule has 0 unspecified atom stereocenters. The van der Waals surface area contributed by atoms with E-state index in [4.69, 9.17) is 9.52 Å². The van der Waals surface area contributed by atoms with Crippen molar-refractivity contribution in [2.75, 3.05) is 5.32 Å². The van der Waals surface area contributed by atoms with E-state index in [-0.39, 0.29) is 17.3 Å². The Balaban J connectivity index is 2.10. The lowest BCUT2D eigenvalue weighted by molar-refractivity contribution is 0.0690. The average Bonchev–Trinajstić information content (AvgIpc) is 2.86. The van der Waals surface area contributed by atoms with Crippen LogP contribution < -0.4 is 5.32 Å². The number of halogens is 1. The Kier molecular flexibility index (Phi) is 2.96. The van der Waals surface area contributed by atoms with Crippen LogP contribution in [-0.4, -0.2) is 27.2 Å². The molecule has 8 heteroatoms. The molecule has 0 aromatic carbocycles. The van der Waals surface area contributed by atoms with Crippen molar-refractivity contribution in [3.63, 3.8) is 0 Å². The van der Waals surface area contributed by atoms with Gasteiger partial charge in [-0.25, -0.2) is 4.79 Å². The fourth-order valence-corrected chi connectivity index (χ4v) is 1.42. The van der Waals surface area contributed by atoms with Gasteiger partial charge in [0.1, 0.15) is 5.69 Å². The fraction of sp³-hybridized carbons (Fsp3) is 0. The van der Waals surface area contributed by atoms with Crippen LogP contribution >= 0.6 is 15.9 Å². The summed E-state index contributed by atoms with van der Waals surface area (Å²) < 4.78 is 5.45. The summed E-state index contributed by atoms with van der Waals surface area (Å²) in [6.45, 7) is 0. The number of anilines is 1. The van der Waals surface area contributed by atoms with E-state index in [1.54, 1.807) is 6.07 Å². The summed E-state index contributed by atoms with van der Waals surface area (Å²) >= 11 is 3.06. The minimum absolute atomic E-state index is 0.0942. The predicted octanol–water partition coefficient (Wildman–Crippen LogP) is 1.72. The first-order valence-electron chi connectivity index (χ1n) is 4.41. The van der Waals surface area contributed by atoms with E-state index in [0.717, 1.165) is 0 Å². The molecule has 2 rings (SSSR count). The van der Waals surface area contributed by atoms with E-state index in [0.29, 0.717) is 4.67 Å². The molecule has 0 aliphatic heterocycles. The number of carboxylic acids is 1. The van der Waals surface area contributed by atoms with Crippen LogP contribution in [0.2, 0.25) is 0 Å². The van der Waals surface area contributed by atoms with Gasteiger partial charge >= 0.3 is 5.97 Å². The van der Waals surface area contributed by atoms with Gasteiger partial charge in [-0.15, -0.1) is 0 Å². The summed E-state index contributed by atoms with van der Waals surface area (Å²) in [6, 6.07) is 4.25. The Labute approximate surface area is 103 Å². The van der Waals surface area contributed by atoms with Gasteiger partial charge in [0.25, 0.3) is 5.91 Å². The zero-order valence-electron chi connectivity index (χ0n) is 8.23. The molecule has 2 heterocycles. The number of hydrogen-bond acceptors (Lipinski definition) is 4. The average molecular weight is 300 g/mol. The van der Waals surface area contributed by atoms with E-state index >= 15 is 0 Å². The molecule has 17 heavy (non-hydrogen) atoms. The van der Waals surface area contributed by atoms with E-state index in [1.807, 2.05) is 0 Å². The Morgan fingerprint density at radius 1 is 1.47 bits per heavy atom. The van der Waals surface area contributed by atoms with E-state index < -0.39 is 11.9 Å². The third-order valence-electron chi connectivity index (χ3n) is 1.85. The number of furan rings is 1. The molecule has 0 aliphatic rings. The van der Waals surface area contributed by atoms with Crippen LogP contribution in [-0.2, 0) is 0 Å². The van der Waals surface area contributed by atoms with Crippen molar-refractivity contribution >= 4 is 33.6 Å². The van der Waals surface area contributed by atoms with E-state index in [9.17, 15) is 9.59 Å². The Morgan fingerprint density at radius 2 is 2.24 bits per heavy atom. The van der Waals surface area contributed by atoms with Crippen molar-refractivity contribution in [2.24, 2.45) is 0 Å². The van der Waals surface area contributed by atoms with Crippen LogP contribution in [0.25, 0.3) is 0 Å². The maximum atomic E-state index is 11.6. The first-order chi connectivity index (χ1) is 8.06. The van der Waals surface area contributed by atoms with Gasteiger partial charge in [0.05, 0.1) is 0 Å². The standard InChI is InChI=1S/C9H6BrN3O4/c10-6-2-1-5(17-6)8(14)11-7-3-4(9(15)16)12-13-7/h1-3H,(H,15,16)(H2,11,12,13,14). The maximum Gasteiger partial charge on any atom is 0.353 e. The molecule has 0 aliphatic carbocycles. The summed E-state index contributed by atoms with van der Waals surface area (Å²) in [6.07, 6.45) is 0. The van der Waals surface area contributed by atoms with Gasteiger partial charge in [-0.1, -0.05) is 0 Å². The number of hydrogen-bond donors (Lipinski definition) is 3. The van der Waals surface area contributed by atoms with E-state index in [1.165, 1.54) is 12.1 Å². The molecule has 7 nitrogen and oxygen atoms in total. The Hall–Kier alpha value is -2.09. The van der Waals surface area contributed by atoms with Gasteiger partial charge in [-0.3, -0.25) is 9.89 Å². The van der Waals surface area contributed by atoms with Gasteiger partial charge < -0.3 is 14.8 Å². The highest BCUT2D eigenvalue weighted by Crippen LogP contribution is 2.15. The molecule has 0 saturated carbocycles. The summed E-state index contributed by atoms with van der Waals surface area (Å²) in [5.41, 5.74) is -0.110. The summed E-state index contributed by atoms with van der Waals surface area (Å²) in [5, 5.41) is 16.9. The van der Waals surface area contributed by atoms with Crippen molar-refractivity contribution < 1.29 is 19.1 Å². The minimum Gasteiger partial charge on any atom is -0.477 e. The van der Waals surface area contributed by atoms with Crippen molar-refractivity contribution in [1.29, 1.82) is 0 Å². The number of aromatic amines is 1. The summed E-state index contributed by atoms with van der Waals surface area (Å²) in [5.74, 6) is -1.46. The van der Waals surface area contributed by atoms with Crippen molar-refractivity contribution in [2.45, 2.75) is 0 Å². The smallest absolute Gasteiger partial charge is 0.353 e. The Morgan fingerprint density at radius 3 is 2.76 bits per heavy atom. The van der Waals surface area contributed by atoms with Crippen molar-refractivity contribution in [3.05, 3.63) is 34.3 Å². The highest BCUT2D eigenvalue weighted by Gasteiger charge is 2.13. The second-order valence-electron chi connectivity index (χ2n) is 3.03. The normalized spacial score (nSPS) is 10.2. The molecule has 0 radical (unpaired) electrons. The maximum absolute atomic E-state index is 11.6. The van der Waals surface area contributed by atoms with Gasteiger partial charge in [0.15, 0.2) is 16.2 Å². The largest absolute Gasteiger partial charge is 0.477 e. The lowest BCUT2D eigenvalue weighted by atomic mass is 10.4. The highest BCUT2D eigenvalue weighted by atomic mass is 79.9. The molecule has 3 N–H and O–H groups in total. The summed E-state index contributed by atoms with van der Waals surface area (Å²) in [7, 11) is 0. The van der Waals surface area contributed by atoms with Crippen LogP contribution in [0, 0.1) is 0 Å². The van der Waals surface area contributed by atoms with Crippen LogP contribution in [0.4, 0.5) is 5.82 Å². The number of carboxylic acid groups (broad SMARTS) is 1. The predicted molar refractivity (Wildman–Crippen MR) is 59.9 cm³/mol. The second kappa shape index (κ2) is 4.42. The zero-order valence-corrected chi connectivity index (χ0v) is 9.82. The first kappa shape index (κ1) is 11.4. The number of rotatable bonds is 3. The number of H-pyrrole nitrogens is 1. The van der Waals surface area contributed by atoms with Gasteiger partial charge in [-0.05, 0) is 28.1 Å². The number of carbonyl (C=O) groups excluding carboxylic acids is 1. The third kappa shape index (κ3) is 2.53. The van der Waals surface area contributed by atoms with Gasteiger partial charge in [0, 0.05) is 6.07 Å². The number of carbonyl (C=O) groups is 2. The molecular formula is C9H6BrN3O4. The lowest BCUT2D eigenvalue weighted by Gasteiger charge is -1.96. The van der Waals surface area contributed by atoms with Crippen LogP contribution in [0.3, 0.4) is 0 Å². The molecule has 2 aromatic rings. The summed E-state index contributed by atoms with van der Waals surface area (Å²) in [4.78, 5) is 22.1. The molecule has 0 saturated heterocycles. The third-order valence-corrected chi connectivity index (χ3v) is 2.27. The highest BCUT2D eigenvalue weighted by molar-refractivity contribution is 9.10. The molecule has 88 valence electrons. The molecule has 0 spiro atoms. The zero-order chi connectivity index (χ0) is 12.4. The van der Waals surface area contributed by atoms with Crippen LogP contribution in [0.5, 0.6) is 0 Å². The number of aromatic nitrogens is 2. The monoisotopic (exact) mass is 299 g/mol. The SMILES string of the molecule is O=C(O)c1cc(NC(=O)c2ccc(Br)o2)n[nH]1. The molecular weight excluding hydrogens is 294 g/mol. The molecule has 0 fully saturated rings. The molecule has 0 bridgehead atoms. The molecule has 2 aromatic heterocycles. The Bertz CT molecular complexity index is 574. The number of nitrogens with zero attached hydrogens (tertiary/aromatic N) is 1. The number of aromatic carboxylic acids is 1. The van der Waals surface area contributed by atoms with Crippen molar-refractivity contribution in [1.82, 2.24) is 10.2 Å². The van der Waals surface area contributed by atoms with Crippen LogP contribution in [0.15, 0.2) is 27.3 Å². The molecule has 1 amide bonds. The second-order valence-corrected chi connectivity index (χ2v) is 3.81. The number of nitrogens with one attached hydrogen (secondary N) is 2. The minimum atomic E-state index is -1.15.